The van der Waals surface area contributed by atoms with Crippen LogP contribution in [0.25, 0.3) is 0 Å². The summed E-state index contributed by atoms with van der Waals surface area (Å²) in [5.74, 6) is 1.71. The summed E-state index contributed by atoms with van der Waals surface area (Å²) in [5.41, 5.74) is 3.43. The van der Waals surface area contributed by atoms with Crippen LogP contribution in [-0.2, 0) is 17.7 Å². The van der Waals surface area contributed by atoms with E-state index < -0.39 is 0 Å². The quantitative estimate of drug-likeness (QED) is 0.651. The number of morpholine rings is 1. The van der Waals surface area contributed by atoms with E-state index in [1.165, 1.54) is 11.1 Å². The first kappa shape index (κ1) is 19.7. The van der Waals surface area contributed by atoms with Crippen molar-refractivity contribution in [1.82, 2.24) is 10.1 Å². The van der Waals surface area contributed by atoms with Gasteiger partial charge in [-0.2, -0.15) is 10.2 Å². The highest BCUT2D eigenvalue weighted by Crippen LogP contribution is 2.25. The van der Waals surface area contributed by atoms with Gasteiger partial charge in [0.1, 0.15) is 24.7 Å². The molecule has 1 aliphatic heterocycles. The fraction of sp³-hybridized carbons (Fsp3) is 0.571. The maximum absolute atomic E-state index is 5.54. The molecular formula is C21H30N4O2. The lowest BCUT2D eigenvalue weighted by Gasteiger charge is -2.23. The highest BCUT2D eigenvalue weighted by molar-refractivity contribution is 5.30. The van der Waals surface area contributed by atoms with Crippen molar-refractivity contribution in [2.75, 3.05) is 33.0 Å². The van der Waals surface area contributed by atoms with E-state index in [4.69, 9.17) is 9.26 Å². The summed E-state index contributed by atoms with van der Waals surface area (Å²) in [5, 5.41) is 12.6. The standard InChI is InChI=1S/C21H30N4O2/c1-16(2)12-18-4-6-19(7-5-18)17(3)21-13-20(24-27-21)14-22-23-15-25-8-10-26-11-9-25/h4-7,13,16-17H,8-12,14-15H2,1-3H3. The third kappa shape index (κ3) is 5.97. The number of azo groups is 1. The Hall–Kier alpha value is -2.05. The van der Waals surface area contributed by atoms with Crippen LogP contribution in [0.15, 0.2) is 45.1 Å². The fourth-order valence-electron chi connectivity index (χ4n) is 3.18. The van der Waals surface area contributed by atoms with Crippen LogP contribution >= 0.6 is 0 Å². The second-order valence-electron chi connectivity index (χ2n) is 7.59. The second kappa shape index (κ2) is 9.76. The minimum Gasteiger partial charge on any atom is -0.379 e. The molecule has 3 rings (SSSR count). The summed E-state index contributed by atoms with van der Waals surface area (Å²) in [6, 6.07) is 10.8. The van der Waals surface area contributed by atoms with Crippen molar-refractivity contribution in [3.63, 3.8) is 0 Å². The summed E-state index contributed by atoms with van der Waals surface area (Å²) >= 11 is 0. The number of hydrogen-bond donors (Lipinski definition) is 0. The Morgan fingerprint density at radius 2 is 1.81 bits per heavy atom. The maximum Gasteiger partial charge on any atom is 0.144 e. The van der Waals surface area contributed by atoms with Crippen molar-refractivity contribution in [3.8, 4) is 0 Å². The van der Waals surface area contributed by atoms with Crippen LogP contribution in [-0.4, -0.2) is 43.0 Å². The zero-order chi connectivity index (χ0) is 19.1. The largest absolute Gasteiger partial charge is 0.379 e. The Labute approximate surface area is 161 Å². The van der Waals surface area contributed by atoms with Crippen molar-refractivity contribution < 1.29 is 9.26 Å². The molecule has 1 aromatic carbocycles. The molecule has 146 valence electrons. The molecule has 1 unspecified atom stereocenters. The Bertz CT molecular complexity index is 718. The van der Waals surface area contributed by atoms with E-state index in [0.29, 0.717) is 19.1 Å². The lowest BCUT2D eigenvalue weighted by atomic mass is 9.95. The number of aromatic nitrogens is 1. The molecule has 0 spiro atoms. The molecular weight excluding hydrogens is 340 g/mol. The van der Waals surface area contributed by atoms with Gasteiger partial charge in [-0.1, -0.05) is 50.2 Å². The van der Waals surface area contributed by atoms with Gasteiger partial charge in [-0.15, -0.1) is 0 Å². The monoisotopic (exact) mass is 370 g/mol. The van der Waals surface area contributed by atoms with Crippen LogP contribution < -0.4 is 0 Å². The molecule has 1 aromatic heterocycles. The normalized spacial score (nSPS) is 17.0. The van der Waals surface area contributed by atoms with Crippen molar-refractivity contribution in [2.24, 2.45) is 16.1 Å². The molecule has 0 N–H and O–H groups in total. The molecule has 0 bridgehead atoms. The summed E-state index contributed by atoms with van der Waals surface area (Å²) in [4.78, 5) is 2.23. The van der Waals surface area contributed by atoms with Crippen molar-refractivity contribution in [1.29, 1.82) is 0 Å². The van der Waals surface area contributed by atoms with Crippen molar-refractivity contribution in [2.45, 2.75) is 39.7 Å². The van der Waals surface area contributed by atoms with E-state index in [1.807, 2.05) is 6.07 Å². The minimum atomic E-state index is 0.171. The third-order valence-corrected chi connectivity index (χ3v) is 4.83. The van der Waals surface area contributed by atoms with Gasteiger partial charge in [-0.25, -0.2) is 0 Å². The van der Waals surface area contributed by atoms with Gasteiger partial charge in [-0.05, 0) is 23.5 Å². The maximum atomic E-state index is 5.54. The van der Waals surface area contributed by atoms with Crippen LogP contribution in [0.5, 0.6) is 0 Å². The molecule has 27 heavy (non-hydrogen) atoms. The van der Waals surface area contributed by atoms with Gasteiger partial charge in [0.15, 0.2) is 0 Å². The summed E-state index contributed by atoms with van der Waals surface area (Å²) in [6.07, 6.45) is 1.11. The van der Waals surface area contributed by atoms with Crippen LogP contribution in [0.3, 0.4) is 0 Å². The van der Waals surface area contributed by atoms with Crippen molar-refractivity contribution in [3.05, 3.63) is 52.9 Å². The van der Waals surface area contributed by atoms with Gasteiger partial charge in [0.2, 0.25) is 0 Å². The molecule has 2 aromatic rings. The molecule has 1 atom stereocenters. The average molecular weight is 370 g/mol. The summed E-state index contributed by atoms with van der Waals surface area (Å²) < 4.78 is 10.9. The molecule has 0 radical (unpaired) electrons. The zero-order valence-electron chi connectivity index (χ0n) is 16.6. The molecule has 6 nitrogen and oxygen atoms in total. The van der Waals surface area contributed by atoms with Gasteiger partial charge in [-0.3, -0.25) is 4.90 Å². The van der Waals surface area contributed by atoms with E-state index in [-0.39, 0.29) is 5.92 Å². The van der Waals surface area contributed by atoms with Gasteiger partial charge >= 0.3 is 0 Å². The first-order chi connectivity index (χ1) is 13.1. The Morgan fingerprint density at radius 1 is 1.07 bits per heavy atom. The fourth-order valence-corrected chi connectivity index (χ4v) is 3.18. The summed E-state index contributed by atoms with van der Waals surface area (Å²) in [7, 11) is 0. The van der Waals surface area contributed by atoms with E-state index in [0.717, 1.165) is 44.2 Å². The SMILES string of the molecule is CC(C)Cc1ccc(C(C)c2cc(CN=NCN3CCOCC3)no2)cc1. The predicted octanol–water partition coefficient (Wildman–Crippen LogP) is 4.27. The van der Waals surface area contributed by atoms with Gasteiger partial charge < -0.3 is 9.26 Å². The third-order valence-electron chi connectivity index (χ3n) is 4.83. The van der Waals surface area contributed by atoms with Gasteiger partial charge in [0.05, 0.1) is 13.2 Å². The van der Waals surface area contributed by atoms with E-state index in [9.17, 15) is 0 Å². The number of hydrogen-bond acceptors (Lipinski definition) is 6. The lowest BCUT2D eigenvalue weighted by molar-refractivity contribution is 0.0385. The first-order valence-corrected chi connectivity index (χ1v) is 9.79. The Kier molecular flexibility index (Phi) is 7.12. The topological polar surface area (TPSA) is 63.2 Å². The van der Waals surface area contributed by atoms with E-state index in [1.54, 1.807) is 0 Å². The van der Waals surface area contributed by atoms with Crippen LogP contribution in [0.2, 0.25) is 0 Å². The van der Waals surface area contributed by atoms with E-state index >= 15 is 0 Å². The van der Waals surface area contributed by atoms with Crippen LogP contribution in [0.4, 0.5) is 0 Å². The molecule has 2 heterocycles. The minimum absolute atomic E-state index is 0.171. The number of benzene rings is 1. The molecule has 0 aliphatic carbocycles. The highest BCUT2D eigenvalue weighted by Gasteiger charge is 2.15. The van der Waals surface area contributed by atoms with Crippen LogP contribution in [0.1, 0.15) is 49.3 Å². The van der Waals surface area contributed by atoms with Gasteiger partial charge in [0.25, 0.3) is 0 Å². The predicted molar refractivity (Wildman–Crippen MR) is 105 cm³/mol. The van der Waals surface area contributed by atoms with Crippen molar-refractivity contribution >= 4 is 0 Å². The van der Waals surface area contributed by atoms with Crippen LogP contribution in [0, 0.1) is 5.92 Å². The second-order valence-corrected chi connectivity index (χ2v) is 7.59. The molecule has 1 saturated heterocycles. The number of rotatable bonds is 8. The Morgan fingerprint density at radius 3 is 2.52 bits per heavy atom. The summed E-state index contributed by atoms with van der Waals surface area (Å²) in [6.45, 7) is 11.1. The molecule has 1 fully saturated rings. The number of ether oxygens (including phenoxy) is 1. The molecule has 6 heteroatoms. The molecule has 0 amide bonds. The van der Waals surface area contributed by atoms with E-state index in [2.05, 4.69) is 65.3 Å². The number of nitrogens with zero attached hydrogens (tertiary/aromatic N) is 4. The molecule has 1 aliphatic rings. The smallest absolute Gasteiger partial charge is 0.144 e. The first-order valence-electron chi connectivity index (χ1n) is 9.79. The Balaban J connectivity index is 1.51. The average Bonchev–Trinajstić information content (AvgIpc) is 3.15. The lowest BCUT2D eigenvalue weighted by Crippen LogP contribution is -2.36. The highest BCUT2D eigenvalue weighted by atomic mass is 16.5. The molecule has 0 saturated carbocycles. The van der Waals surface area contributed by atoms with Gasteiger partial charge in [0, 0.05) is 25.1 Å². The zero-order valence-corrected chi connectivity index (χ0v) is 16.6.